The van der Waals surface area contributed by atoms with Gasteiger partial charge >= 0.3 is 6.09 Å². The summed E-state index contributed by atoms with van der Waals surface area (Å²) in [5.41, 5.74) is 8.54. The van der Waals surface area contributed by atoms with Crippen molar-refractivity contribution < 1.29 is 76.7 Å². The topological polar surface area (TPSA) is 345 Å². The Kier molecular flexibility index (Phi) is 22.2. The van der Waals surface area contributed by atoms with Crippen LogP contribution in [0.3, 0.4) is 0 Å². The van der Waals surface area contributed by atoms with Gasteiger partial charge in [0.05, 0.1) is 100 Å². The summed E-state index contributed by atoms with van der Waals surface area (Å²) in [4.78, 5) is 129. The first-order chi connectivity index (χ1) is 52.5. The van der Waals surface area contributed by atoms with Crippen LogP contribution in [0.1, 0.15) is 123 Å². The fraction of sp³-hybridized carbons (Fsp3) is 0.388. The Hall–Kier alpha value is -12.0. The number of aliphatic hydroxyl groups excluding tert-OH is 1. The maximum Gasteiger partial charge on any atom is 0.416 e. The van der Waals surface area contributed by atoms with Crippen molar-refractivity contribution in [2.75, 3.05) is 81.2 Å². The summed E-state index contributed by atoms with van der Waals surface area (Å²) < 4.78 is 37.1. The summed E-state index contributed by atoms with van der Waals surface area (Å²) in [6.07, 6.45) is 2.33. The standard InChI is InChI=1S/C80H89N13O16/c1-45(2)71(86-69(96)40-83-68(95)39-82-67(94)26-27-70(97)90-41-50-14-9-10-15-55(50)73-72(87-88-93(73)46(3)4)56-16-11-12-17-60(56)90)75(99)84-47(5)74(98)85-52-22-18-48(19-23-52)43-109-79(103)92-61-36-66(64(106-8)34-58(61)77(101)91-44-80(28-29-80)37-62(91)78(92)102)108-31-13-30-107-65-35-59-57(33-63(65)105-7)76(100)89-42-51(32-53(89)38-81-59)49-20-24-54(104-6)25-21-49/h9-12,14-25,33-36,42,45-47,53,62,71,78,81,102H,13,26-32,37-41,43-44H2,1-8H3,(H,82,94)(H,83,95)(H,84,99)(H,85,98)(H,86,96)/t47-,53-,62-,71-,78?/m0/s1. The lowest BCUT2D eigenvalue weighted by atomic mass is 9.95. The van der Waals surface area contributed by atoms with Gasteiger partial charge in [-0.15, -0.1) is 5.10 Å². The van der Waals surface area contributed by atoms with Crippen LogP contribution in [0.5, 0.6) is 28.7 Å². The van der Waals surface area contributed by atoms with Crippen molar-refractivity contribution >= 4 is 81.7 Å². The number of hydrogen-bond donors (Lipinski definition) is 7. The minimum atomic E-state index is -1.50. The van der Waals surface area contributed by atoms with Crippen molar-refractivity contribution in [3.05, 3.63) is 155 Å². The zero-order chi connectivity index (χ0) is 76.9. The smallest absolute Gasteiger partial charge is 0.416 e. The predicted octanol–water partition coefficient (Wildman–Crippen LogP) is 8.36. The van der Waals surface area contributed by atoms with Gasteiger partial charge in [0.1, 0.15) is 30.1 Å². The zero-order valence-corrected chi connectivity index (χ0v) is 62.0. The Labute approximate surface area is 629 Å². The number of aromatic nitrogens is 3. The van der Waals surface area contributed by atoms with E-state index >= 15 is 0 Å². The molecule has 9 amide bonds. The van der Waals surface area contributed by atoms with E-state index in [9.17, 15) is 48.3 Å². The third kappa shape index (κ3) is 16.2. The molecule has 1 unspecified atom stereocenters. The van der Waals surface area contributed by atoms with Crippen LogP contribution in [0.15, 0.2) is 128 Å². The molecule has 0 bridgehead atoms. The molecular weight excluding hydrogens is 1400 g/mol. The van der Waals surface area contributed by atoms with Gasteiger partial charge in [-0.3, -0.25) is 38.4 Å². The van der Waals surface area contributed by atoms with Gasteiger partial charge in [-0.25, -0.2) is 14.4 Å². The van der Waals surface area contributed by atoms with Gasteiger partial charge in [0.2, 0.25) is 35.4 Å². The highest BCUT2D eigenvalue weighted by Crippen LogP contribution is 2.57. The number of aliphatic hydroxyl groups is 1. The number of anilines is 4. The first kappa shape index (κ1) is 75.2. The molecular formula is C80H89N13O16. The lowest BCUT2D eigenvalue weighted by Gasteiger charge is -2.31. The number of rotatable bonds is 26. The Morgan fingerprint density at radius 1 is 0.688 bits per heavy atom. The number of ether oxygens (including phenoxy) is 6. The van der Waals surface area contributed by atoms with Crippen LogP contribution >= 0.6 is 0 Å². The van der Waals surface area contributed by atoms with Gasteiger partial charge in [0.15, 0.2) is 29.2 Å². The monoisotopic (exact) mass is 1490 g/mol. The maximum atomic E-state index is 14.5. The number of carbonyl (C=O) groups excluding carboxylic acids is 9. The fourth-order valence-corrected chi connectivity index (χ4v) is 14.5. The van der Waals surface area contributed by atoms with Gasteiger partial charge < -0.3 is 80.1 Å². The molecule has 29 nitrogen and oxygen atoms in total. The zero-order valence-electron chi connectivity index (χ0n) is 62.0. The highest BCUT2D eigenvalue weighted by molar-refractivity contribution is 6.07. The average molecular weight is 1490 g/mol. The van der Waals surface area contributed by atoms with Crippen LogP contribution in [0, 0.1) is 11.3 Å². The third-order valence-electron chi connectivity index (χ3n) is 20.6. The summed E-state index contributed by atoms with van der Waals surface area (Å²) in [7, 11) is 4.56. The van der Waals surface area contributed by atoms with E-state index in [2.05, 4.69) is 42.2 Å². The molecule has 109 heavy (non-hydrogen) atoms. The van der Waals surface area contributed by atoms with Crippen molar-refractivity contribution in [1.29, 1.82) is 0 Å². The van der Waals surface area contributed by atoms with Crippen LogP contribution in [-0.4, -0.2) is 174 Å². The van der Waals surface area contributed by atoms with Gasteiger partial charge in [0, 0.05) is 73.5 Å². The molecule has 1 aliphatic carbocycles. The Morgan fingerprint density at radius 3 is 2.06 bits per heavy atom. The van der Waals surface area contributed by atoms with Crippen LogP contribution in [0.2, 0.25) is 0 Å². The number of benzene rings is 6. The van der Waals surface area contributed by atoms with E-state index in [1.165, 1.54) is 33.3 Å². The molecule has 1 aromatic heterocycles. The molecule has 7 N–H and O–H groups in total. The molecule has 1 saturated heterocycles. The van der Waals surface area contributed by atoms with Gasteiger partial charge in [-0.1, -0.05) is 85.8 Å². The van der Waals surface area contributed by atoms with E-state index in [0.717, 1.165) is 57.0 Å². The van der Waals surface area contributed by atoms with E-state index in [0.29, 0.717) is 77.7 Å². The molecule has 0 radical (unpaired) electrons. The number of para-hydroxylation sites is 1. The molecule has 1 saturated carbocycles. The summed E-state index contributed by atoms with van der Waals surface area (Å²) in [5, 5.41) is 37.6. The summed E-state index contributed by atoms with van der Waals surface area (Å²) in [6, 6.07) is 32.7. The molecule has 5 atom stereocenters. The predicted molar refractivity (Wildman–Crippen MR) is 403 cm³/mol. The molecule has 570 valence electrons. The minimum absolute atomic E-state index is 0.0186. The largest absolute Gasteiger partial charge is 0.497 e. The van der Waals surface area contributed by atoms with Gasteiger partial charge in [-0.2, -0.15) is 0 Å². The van der Waals surface area contributed by atoms with Crippen molar-refractivity contribution in [1.82, 2.24) is 46.1 Å². The molecule has 1 spiro atoms. The highest BCUT2D eigenvalue weighted by Gasteiger charge is 2.58. The molecule has 7 aromatic rings. The maximum absolute atomic E-state index is 14.5. The fourth-order valence-electron chi connectivity index (χ4n) is 14.5. The molecule has 5 aliphatic heterocycles. The lowest BCUT2D eigenvalue weighted by molar-refractivity contribution is -0.132. The van der Waals surface area contributed by atoms with Crippen molar-refractivity contribution in [3.63, 3.8) is 0 Å². The van der Waals surface area contributed by atoms with Crippen LogP contribution in [0.25, 0.3) is 28.1 Å². The Bertz CT molecular complexity index is 4710. The normalized spacial score (nSPS) is 17.5. The van der Waals surface area contributed by atoms with Gasteiger partial charge in [0.25, 0.3) is 11.8 Å². The first-order valence-corrected chi connectivity index (χ1v) is 36.6. The van der Waals surface area contributed by atoms with Crippen LogP contribution < -0.4 is 65.4 Å². The van der Waals surface area contributed by atoms with E-state index in [4.69, 9.17) is 28.4 Å². The molecule has 29 heteroatoms. The second-order valence-electron chi connectivity index (χ2n) is 28.7. The van der Waals surface area contributed by atoms with E-state index in [1.807, 2.05) is 97.5 Å². The summed E-state index contributed by atoms with van der Waals surface area (Å²) >= 11 is 0. The van der Waals surface area contributed by atoms with Crippen LogP contribution in [-0.2, 0) is 46.7 Å². The van der Waals surface area contributed by atoms with Gasteiger partial charge in [-0.05, 0) is 123 Å². The number of nitrogens with one attached hydrogen (secondary N) is 6. The molecule has 6 heterocycles. The number of nitrogens with zero attached hydrogens (tertiary/aromatic N) is 7. The Balaban J connectivity index is 0.569. The Morgan fingerprint density at radius 2 is 1.37 bits per heavy atom. The second-order valence-corrected chi connectivity index (χ2v) is 28.7. The minimum Gasteiger partial charge on any atom is -0.497 e. The summed E-state index contributed by atoms with van der Waals surface area (Å²) in [6.45, 7) is 9.01. The lowest BCUT2D eigenvalue weighted by Crippen LogP contribution is -2.55. The number of carbonyl (C=O) groups is 9. The van der Waals surface area contributed by atoms with E-state index < -0.39 is 79.0 Å². The number of fused-ring (bicyclic) bond motifs is 9. The number of amides is 9. The van der Waals surface area contributed by atoms with E-state index in [1.54, 1.807) is 72.1 Å². The third-order valence-corrected chi connectivity index (χ3v) is 20.6. The van der Waals surface area contributed by atoms with Crippen molar-refractivity contribution in [2.45, 2.75) is 129 Å². The number of hydrogen-bond acceptors (Lipinski definition) is 19. The molecule has 2 fully saturated rings. The highest BCUT2D eigenvalue weighted by atomic mass is 16.6. The molecule has 6 aliphatic rings. The second kappa shape index (κ2) is 32.2. The van der Waals surface area contributed by atoms with Crippen molar-refractivity contribution in [2.24, 2.45) is 11.3 Å². The van der Waals surface area contributed by atoms with Crippen molar-refractivity contribution in [3.8, 4) is 51.3 Å². The van der Waals surface area contributed by atoms with Crippen LogP contribution in [0.4, 0.5) is 27.5 Å². The first-order valence-electron chi connectivity index (χ1n) is 36.6. The molecule has 6 aromatic carbocycles. The van der Waals surface area contributed by atoms with E-state index in [-0.39, 0.29) is 97.2 Å². The molecule has 13 rings (SSSR count). The summed E-state index contributed by atoms with van der Waals surface area (Å²) in [5.74, 6) is -2.61. The quantitative estimate of drug-likeness (QED) is 0.0250. The SMILES string of the molecule is COc1ccc(C2=CN3C(=O)c4cc(OC)c(OCCCOc5cc6c(cc5OC)C(=O)N5CC7(CC7)C[C@H]5C(O)N6C(=O)OCc5ccc(NC(=O)[C@H](C)NC(=O)[C@@H](NC(=O)CNC(=O)CNC(=O)CCC(=O)N6Cc7ccccc7-c7c(nnn7C(C)C)-c7ccccc76)C(C)C)cc5)cc4NC[C@@H]3C2)cc1. The average Bonchev–Trinajstić information content (AvgIpc) is 1.82. The number of methoxy groups -OCH3 is 3.